The Morgan fingerprint density at radius 3 is 2.54 bits per heavy atom. The highest BCUT2D eigenvalue weighted by atomic mass is 35.5. The minimum atomic E-state index is -5.02. The minimum Gasteiger partial charge on any atom is -0.456 e. The van der Waals surface area contributed by atoms with Crippen molar-refractivity contribution in [1.82, 2.24) is 10.2 Å². The molecular formula is C22H24ClN3O11S2. The number of hydrogen-bond donors (Lipinski definition) is 2. The van der Waals surface area contributed by atoms with Crippen LogP contribution in [-0.4, -0.2) is 59.0 Å². The molecule has 2 N–H and O–H groups in total. The van der Waals surface area contributed by atoms with Crippen molar-refractivity contribution in [3.63, 3.8) is 0 Å². The molecule has 0 bridgehead atoms. The number of carbonyl (C=O) groups is 3. The van der Waals surface area contributed by atoms with Crippen LogP contribution >= 0.6 is 23.4 Å². The van der Waals surface area contributed by atoms with Crippen LogP contribution in [0.25, 0.3) is 0 Å². The third-order valence-electron chi connectivity index (χ3n) is 5.71. The zero-order valence-electron chi connectivity index (χ0n) is 20.8. The molecular weight excluding hydrogens is 582 g/mol. The number of nitro groups is 1. The Balaban J connectivity index is 1.89. The summed E-state index contributed by atoms with van der Waals surface area (Å²) in [7, 11) is -5.02. The Hall–Kier alpha value is -3.02. The molecule has 2 amide bonds. The Kier molecular flexibility index (Phi) is 9.40. The maximum absolute atomic E-state index is 13.3. The number of esters is 1. The molecule has 0 spiro atoms. The van der Waals surface area contributed by atoms with E-state index in [1.807, 2.05) is 0 Å². The summed E-state index contributed by atoms with van der Waals surface area (Å²) in [4.78, 5) is 49.3. The summed E-state index contributed by atoms with van der Waals surface area (Å²) >= 11 is 7.08. The molecule has 39 heavy (non-hydrogen) atoms. The van der Waals surface area contributed by atoms with Crippen molar-refractivity contribution in [1.29, 1.82) is 0 Å². The van der Waals surface area contributed by atoms with Gasteiger partial charge in [-0.2, -0.15) is 8.42 Å². The van der Waals surface area contributed by atoms with Gasteiger partial charge in [0.05, 0.1) is 15.3 Å². The SMILES string of the molecule is CCO[C@@](C)(OS(=O)(=O)O)[C@@H]1C(=O)N2C(C(=O)OCc3ccc([N+](=O)[O-])cc3)=C(SC(Cl)=CNC(C)=O)C[C@H]12. The van der Waals surface area contributed by atoms with Crippen LogP contribution < -0.4 is 5.32 Å². The van der Waals surface area contributed by atoms with E-state index in [0.717, 1.165) is 16.7 Å². The van der Waals surface area contributed by atoms with Crippen molar-refractivity contribution >= 4 is 57.2 Å². The predicted octanol–water partition coefficient (Wildman–Crippen LogP) is 2.56. The highest BCUT2D eigenvalue weighted by Crippen LogP contribution is 2.52. The third-order valence-corrected chi connectivity index (χ3v) is 7.51. The van der Waals surface area contributed by atoms with Crippen LogP contribution in [0.15, 0.2) is 45.4 Å². The monoisotopic (exact) mass is 605 g/mol. The summed E-state index contributed by atoms with van der Waals surface area (Å²) in [6, 6.07) is 4.49. The number of nitrogens with one attached hydrogen (secondary N) is 1. The smallest absolute Gasteiger partial charge is 0.400 e. The second-order valence-electron chi connectivity index (χ2n) is 8.44. The first-order chi connectivity index (χ1) is 18.2. The zero-order valence-corrected chi connectivity index (χ0v) is 23.2. The lowest BCUT2D eigenvalue weighted by atomic mass is 9.81. The molecule has 1 fully saturated rings. The van der Waals surface area contributed by atoms with Gasteiger partial charge in [0.25, 0.3) is 5.69 Å². The average Bonchev–Trinajstić information content (AvgIpc) is 3.13. The summed E-state index contributed by atoms with van der Waals surface area (Å²) in [5.74, 6) is -5.34. The zero-order chi connectivity index (χ0) is 29.1. The van der Waals surface area contributed by atoms with E-state index < -0.39 is 50.9 Å². The van der Waals surface area contributed by atoms with Gasteiger partial charge >= 0.3 is 16.4 Å². The number of nitrogens with zero attached hydrogens (tertiary/aromatic N) is 2. The van der Waals surface area contributed by atoms with Gasteiger partial charge in [-0.1, -0.05) is 23.4 Å². The Morgan fingerprint density at radius 2 is 2.00 bits per heavy atom. The van der Waals surface area contributed by atoms with Crippen molar-refractivity contribution in [2.24, 2.45) is 5.92 Å². The number of carbonyl (C=O) groups excluding carboxylic acids is 3. The minimum absolute atomic E-state index is 0.0185. The quantitative estimate of drug-likeness (QED) is 0.0884. The number of fused-ring (bicyclic) bond motifs is 1. The van der Waals surface area contributed by atoms with Crippen molar-refractivity contribution in [2.75, 3.05) is 6.61 Å². The number of nitro benzene ring substituents is 1. The van der Waals surface area contributed by atoms with E-state index in [2.05, 4.69) is 5.32 Å². The molecule has 0 radical (unpaired) electrons. The van der Waals surface area contributed by atoms with Gasteiger partial charge in [0.2, 0.25) is 11.8 Å². The van der Waals surface area contributed by atoms with E-state index in [1.54, 1.807) is 0 Å². The molecule has 0 unspecified atom stereocenters. The molecule has 14 nitrogen and oxygen atoms in total. The summed E-state index contributed by atoms with van der Waals surface area (Å²) in [5, 5.41) is 13.2. The maximum Gasteiger partial charge on any atom is 0.400 e. The second-order valence-corrected chi connectivity index (χ2v) is 11.2. The van der Waals surface area contributed by atoms with Gasteiger partial charge in [-0.15, -0.1) is 0 Å². The first-order valence-electron chi connectivity index (χ1n) is 11.3. The summed E-state index contributed by atoms with van der Waals surface area (Å²) in [5.41, 5.74) is 0.140. The number of β-lactam (4-membered cyclic amide) rings is 1. The fourth-order valence-electron chi connectivity index (χ4n) is 4.22. The van der Waals surface area contributed by atoms with Crippen molar-refractivity contribution in [3.8, 4) is 0 Å². The third kappa shape index (κ3) is 7.14. The van der Waals surface area contributed by atoms with Gasteiger partial charge in [0.15, 0.2) is 5.79 Å². The standard InChI is InChI=1S/C22H24ClN3O11S2/c1-4-36-22(3,37-39(32,33)34)18-15-9-16(38-17(23)10-24-12(2)27)19(25(15)20(18)28)21(29)35-11-13-5-7-14(8-6-13)26(30)31/h5-8,10,15,18H,4,9,11H2,1-3H3,(H,24,27)(H,32,33,34)/t15-,18+,22+/m1/s1. The number of non-ortho nitro benzene ring substituents is 1. The average molecular weight is 606 g/mol. The molecule has 212 valence electrons. The Labute approximate surface area is 232 Å². The number of rotatable bonds is 12. The van der Waals surface area contributed by atoms with E-state index in [1.165, 1.54) is 51.2 Å². The lowest BCUT2D eigenvalue weighted by Gasteiger charge is -2.49. The molecule has 1 saturated heterocycles. The molecule has 0 saturated carbocycles. The number of halogens is 1. The lowest BCUT2D eigenvalue weighted by molar-refractivity contribution is -0.384. The topological polar surface area (TPSA) is 192 Å². The largest absolute Gasteiger partial charge is 0.456 e. The highest BCUT2D eigenvalue weighted by Gasteiger charge is 2.64. The number of benzene rings is 1. The summed E-state index contributed by atoms with van der Waals surface area (Å²) in [6.45, 7) is 3.65. The molecule has 1 aromatic rings. The van der Waals surface area contributed by atoms with Crippen LogP contribution in [0.5, 0.6) is 0 Å². The van der Waals surface area contributed by atoms with E-state index in [9.17, 15) is 37.5 Å². The molecule has 1 aromatic carbocycles. The van der Waals surface area contributed by atoms with Gasteiger partial charge in [-0.3, -0.25) is 24.3 Å². The van der Waals surface area contributed by atoms with Gasteiger partial charge in [0.1, 0.15) is 18.2 Å². The van der Waals surface area contributed by atoms with Gasteiger partial charge in [-0.05, 0) is 31.5 Å². The molecule has 2 aliphatic heterocycles. The van der Waals surface area contributed by atoms with E-state index in [-0.39, 0.29) is 40.3 Å². The molecule has 0 aromatic heterocycles. The predicted molar refractivity (Wildman–Crippen MR) is 137 cm³/mol. The van der Waals surface area contributed by atoms with Crippen LogP contribution in [0.4, 0.5) is 5.69 Å². The molecule has 0 aliphatic carbocycles. The van der Waals surface area contributed by atoms with Crippen LogP contribution in [0.3, 0.4) is 0 Å². The number of ether oxygens (including phenoxy) is 2. The van der Waals surface area contributed by atoms with E-state index in [0.29, 0.717) is 5.56 Å². The van der Waals surface area contributed by atoms with Crippen LogP contribution in [0, 0.1) is 16.0 Å². The van der Waals surface area contributed by atoms with Crippen LogP contribution in [0.2, 0.25) is 0 Å². The second kappa shape index (κ2) is 12.0. The van der Waals surface area contributed by atoms with E-state index >= 15 is 0 Å². The Bertz CT molecular complexity index is 1350. The maximum atomic E-state index is 13.3. The fourth-order valence-corrected chi connectivity index (χ4v) is 6.01. The van der Waals surface area contributed by atoms with E-state index in [4.69, 9.17) is 25.3 Å². The number of hydrogen-bond acceptors (Lipinski definition) is 11. The lowest BCUT2D eigenvalue weighted by Crippen LogP contribution is -2.67. The highest BCUT2D eigenvalue weighted by molar-refractivity contribution is 8.08. The molecule has 2 aliphatic rings. The van der Waals surface area contributed by atoms with Crippen LogP contribution in [-0.2, 0) is 45.0 Å². The first kappa shape index (κ1) is 30.5. The molecule has 17 heteroatoms. The fraction of sp³-hybridized carbons (Fsp3) is 0.409. The number of thioether (sulfide) groups is 1. The first-order valence-corrected chi connectivity index (χ1v) is 13.8. The summed E-state index contributed by atoms with van der Waals surface area (Å²) < 4.78 is 47.8. The Morgan fingerprint density at radius 1 is 1.36 bits per heavy atom. The van der Waals surface area contributed by atoms with Crippen LogP contribution in [0.1, 0.15) is 32.8 Å². The molecule has 2 heterocycles. The van der Waals surface area contributed by atoms with Crippen molar-refractivity contribution in [2.45, 2.75) is 45.6 Å². The van der Waals surface area contributed by atoms with Gasteiger partial charge < -0.3 is 19.7 Å². The van der Waals surface area contributed by atoms with Crippen molar-refractivity contribution in [3.05, 3.63) is 61.1 Å². The number of amides is 2. The van der Waals surface area contributed by atoms with Crippen molar-refractivity contribution < 1.29 is 45.9 Å². The normalized spacial score (nSPS) is 20.7. The molecule has 3 atom stereocenters. The summed E-state index contributed by atoms with van der Waals surface area (Å²) in [6.07, 6.45) is 1.21. The van der Waals surface area contributed by atoms with Gasteiger partial charge in [-0.25, -0.2) is 8.98 Å². The van der Waals surface area contributed by atoms with Gasteiger partial charge in [0, 0.05) is 43.2 Å². The molecule has 3 rings (SSSR count).